The third kappa shape index (κ3) is 5.94. The predicted molar refractivity (Wildman–Crippen MR) is 112 cm³/mol. The van der Waals surface area contributed by atoms with Crippen molar-refractivity contribution in [2.24, 2.45) is 0 Å². The normalized spacial score (nSPS) is 34.7. The minimum atomic E-state index is -0.491. The van der Waals surface area contributed by atoms with E-state index < -0.39 is 24.7 Å². The molecule has 4 heterocycles. The number of hydrogen-bond acceptors (Lipinski definition) is 14. The molecule has 16 nitrogen and oxygen atoms in total. The summed E-state index contributed by atoms with van der Waals surface area (Å²) >= 11 is 0. The number of carbonyl (C=O) groups is 2. The van der Waals surface area contributed by atoms with Crippen LogP contribution in [0.25, 0.3) is 0 Å². The van der Waals surface area contributed by atoms with Gasteiger partial charge in [0.05, 0.1) is 58.8 Å². The zero-order valence-corrected chi connectivity index (χ0v) is 18.2. The summed E-state index contributed by atoms with van der Waals surface area (Å²) in [5.41, 5.74) is 0. The van der Waals surface area contributed by atoms with Crippen LogP contribution >= 0.6 is 0 Å². The molecule has 0 radical (unpaired) electrons. The lowest BCUT2D eigenvalue weighted by Crippen LogP contribution is -2.74. The number of aliphatic hydroxyl groups excluding tert-OH is 2. The van der Waals surface area contributed by atoms with Crippen LogP contribution in [0.1, 0.15) is 0 Å². The SMILES string of the molecule is O=C1NC(NCNC2NC(=O)C3NCN(COCCO)C3N2)NC2C1NCN2COCCO. The lowest BCUT2D eigenvalue weighted by molar-refractivity contribution is -0.128. The molecule has 0 aromatic rings. The molecular weight excluding hydrogens is 440 g/mol. The Kier molecular flexibility index (Phi) is 8.74. The van der Waals surface area contributed by atoms with Gasteiger partial charge in [-0.15, -0.1) is 0 Å². The predicted octanol–water partition coefficient (Wildman–Crippen LogP) is -6.82. The molecule has 4 saturated heterocycles. The van der Waals surface area contributed by atoms with Gasteiger partial charge in [-0.05, 0) is 0 Å². The fourth-order valence-electron chi connectivity index (χ4n) is 4.26. The molecule has 4 aliphatic heterocycles. The minimum absolute atomic E-state index is 0.0595. The molecule has 188 valence electrons. The van der Waals surface area contributed by atoms with E-state index in [-0.39, 0.29) is 70.7 Å². The number of fused-ring (bicyclic) bond motifs is 2. The lowest BCUT2D eigenvalue weighted by atomic mass is 10.2. The van der Waals surface area contributed by atoms with Crippen LogP contribution in [0.4, 0.5) is 0 Å². The summed E-state index contributed by atoms with van der Waals surface area (Å²) in [6.07, 6.45) is -1.51. The first kappa shape index (κ1) is 24.6. The van der Waals surface area contributed by atoms with Crippen molar-refractivity contribution in [3.8, 4) is 0 Å². The molecule has 0 spiro atoms. The first-order chi connectivity index (χ1) is 16.1. The number of carbonyl (C=O) groups excluding carboxylic acids is 2. The van der Waals surface area contributed by atoms with Crippen LogP contribution in [0, 0.1) is 0 Å². The zero-order valence-electron chi connectivity index (χ0n) is 18.2. The molecule has 10 N–H and O–H groups in total. The Bertz CT molecular complexity index is 622. The molecule has 0 aliphatic carbocycles. The molecule has 6 atom stereocenters. The highest BCUT2D eigenvalue weighted by Crippen LogP contribution is 2.14. The minimum Gasteiger partial charge on any atom is -0.394 e. The van der Waals surface area contributed by atoms with E-state index in [1.54, 1.807) is 0 Å². The van der Waals surface area contributed by atoms with Crippen molar-refractivity contribution >= 4 is 11.8 Å². The number of aliphatic hydroxyl groups is 2. The number of nitrogens with one attached hydrogen (secondary N) is 8. The van der Waals surface area contributed by atoms with Crippen LogP contribution in [0.15, 0.2) is 0 Å². The van der Waals surface area contributed by atoms with Gasteiger partial charge in [-0.1, -0.05) is 0 Å². The first-order valence-electron chi connectivity index (χ1n) is 11.0. The van der Waals surface area contributed by atoms with Gasteiger partial charge in [0.2, 0.25) is 11.8 Å². The summed E-state index contributed by atoms with van der Waals surface area (Å²) in [4.78, 5) is 28.8. The van der Waals surface area contributed by atoms with Crippen molar-refractivity contribution < 1.29 is 29.3 Å². The second kappa shape index (κ2) is 11.7. The molecule has 0 saturated carbocycles. The Morgan fingerprint density at radius 3 is 1.70 bits per heavy atom. The fraction of sp³-hybridized carbons (Fsp3) is 0.882. The van der Waals surface area contributed by atoms with Gasteiger partial charge in [0.1, 0.15) is 38.1 Å². The summed E-state index contributed by atoms with van der Waals surface area (Å²) in [7, 11) is 0. The quantitative estimate of drug-likeness (QED) is 0.0946. The van der Waals surface area contributed by atoms with Gasteiger partial charge in [0.15, 0.2) is 0 Å². The van der Waals surface area contributed by atoms with Crippen LogP contribution in [0.2, 0.25) is 0 Å². The highest BCUT2D eigenvalue weighted by Gasteiger charge is 2.45. The Morgan fingerprint density at radius 1 is 0.818 bits per heavy atom. The van der Waals surface area contributed by atoms with Crippen LogP contribution in [-0.2, 0) is 19.1 Å². The second-order valence-corrected chi connectivity index (χ2v) is 8.07. The summed E-state index contributed by atoms with van der Waals surface area (Å²) in [5, 5.41) is 42.7. The van der Waals surface area contributed by atoms with Crippen molar-refractivity contribution in [2.75, 3.05) is 59.9 Å². The molecule has 0 bridgehead atoms. The van der Waals surface area contributed by atoms with Gasteiger partial charge in [0, 0.05) is 0 Å². The third-order valence-electron chi connectivity index (χ3n) is 5.86. The van der Waals surface area contributed by atoms with Crippen molar-refractivity contribution in [1.29, 1.82) is 0 Å². The second-order valence-electron chi connectivity index (χ2n) is 8.07. The molecular formula is C17H34N10O6. The van der Waals surface area contributed by atoms with Crippen molar-refractivity contribution in [2.45, 2.75) is 37.0 Å². The monoisotopic (exact) mass is 474 g/mol. The van der Waals surface area contributed by atoms with Gasteiger partial charge < -0.3 is 30.3 Å². The molecule has 4 fully saturated rings. The van der Waals surface area contributed by atoms with Gasteiger partial charge in [0.25, 0.3) is 0 Å². The first-order valence-corrected chi connectivity index (χ1v) is 11.0. The molecule has 16 heteroatoms. The maximum absolute atomic E-state index is 12.4. The lowest BCUT2D eigenvalue weighted by Gasteiger charge is -2.38. The van der Waals surface area contributed by atoms with E-state index in [0.717, 1.165) is 0 Å². The highest BCUT2D eigenvalue weighted by atomic mass is 16.5. The summed E-state index contributed by atoms with van der Waals surface area (Å²) in [5.74, 6) is -0.271. The average Bonchev–Trinajstić information content (AvgIpc) is 3.39. The van der Waals surface area contributed by atoms with E-state index in [4.69, 9.17) is 19.7 Å². The standard InChI is InChI=1S/C17H34N10O6/c28-1-3-32-8-26-6-20-10-12(26)22-16(24-14(10)30)18-5-19-17-23-13-11(15(31)25-17)21-7-27(13)9-33-4-2-29/h10-13,16-23,28-29H,1-9H2,(H,24,30)(H,25,31). The Morgan fingerprint density at radius 2 is 1.27 bits per heavy atom. The van der Waals surface area contributed by atoms with Gasteiger partial charge in [-0.2, -0.15) is 0 Å². The topological polar surface area (TPSA) is 196 Å². The zero-order chi connectivity index (χ0) is 23.2. The van der Waals surface area contributed by atoms with Crippen molar-refractivity contribution in [3.63, 3.8) is 0 Å². The molecule has 33 heavy (non-hydrogen) atoms. The Labute approximate surface area is 191 Å². The number of amides is 2. The van der Waals surface area contributed by atoms with Crippen LogP contribution in [-0.4, -0.2) is 129 Å². The van der Waals surface area contributed by atoms with Crippen molar-refractivity contribution in [1.82, 2.24) is 52.3 Å². The van der Waals surface area contributed by atoms with Crippen LogP contribution < -0.4 is 42.5 Å². The molecule has 0 aromatic carbocycles. The van der Waals surface area contributed by atoms with Crippen LogP contribution in [0.5, 0.6) is 0 Å². The van der Waals surface area contributed by atoms with E-state index in [9.17, 15) is 9.59 Å². The van der Waals surface area contributed by atoms with E-state index >= 15 is 0 Å². The number of ether oxygens (including phenoxy) is 2. The van der Waals surface area contributed by atoms with Crippen molar-refractivity contribution in [3.05, 3.63) is 0 Å². The van der Waals surface area contributed by atoms with Gasteiger partial charge in [-0.25, -0.2) is 0 Å². The largest absolute Gasteiger partial charge is 0.394 e. The summed E-state index contributed by atoms with van der Waals surface area (Å²) in [6.45, 7) is 2.17. The highest BCUT2D eigenvalue weighted by molar-refractivity contribution is 5.84. The molecule has 0 aromatic heterocycles. The maximum Gasteiger partial charge on any atom is 0.242 e. The van der Waals surface area contributed by atoms with E-state index in [2.05, 4.69) is 42.5 Å². The summed E-state index contributed by atoms with van der Waals surface area (Å²) < 4.78 is 10.8. The van der Waals surface area contributed by atoms with E-state index in [1.807, 2.05) is 9.80 Å². The molecule has 2 amide bonds. The smallest absolute Gasteiger partial charge is 0.242 e. The summed E-state index contributed by atoms with van der Waals surface area (Å²) in [6, 6.07) is -0.808. The third-order valence-corrected chi connectivity index (χ3v) is 5.86. The molecule has 6 unspecified atom stereocenters. The molecule has 4 aliphatic rings. The number of nitrogens with zero attached hydrogens (tertiary/aromatic N) is 2. The number of hydrogen-bond donors (Lipinski definition) is 10. The molecule has 4 rings (SSSR count). The Hall–Kier alpha value is -1.54. The maximum atomic E-state index is 12.4. The Balaban J connectivity index is 1.22. The fourth-order valence-corrected chi connectivity index (χ4v) is 4.26. The number of rotatable bonds is 12. The van der Waals surface area contributed by atoms with Gasteiger partial charge in [-0.3, -0.25) is 51.3 Å². The van der Waals surface area contributed by atoms with E-state index in [0.29, 0.717) is 13.3 Å². The van der Waals surface area contributed by atoms with Crippen LogP contribution in [0.3, 0.4) is 0 Å². The van der Waals surface area contributed by atoms with E-state index in [1.165, 1.54) is 0 Å². The van der Waals surface area contributed by atoms with Gasteiger partial charge >= 0.3 is 0 Å². The average molecular weight is 475 g/mol.